The summed E-state index contributed by atoms with van der Waals surface area (Å²) in [6.07, 6.45) is -4.02. The van der Waals surface area contributed by atoms with Crippen LogP contribution in [0.15, 0.2) is 60.7 Å². The van der Waals surface area contributed by atoms with E-state index in [1.165, 1.54) is 6.07 Å². The Morgan fingerprint density at radius 1 is 1.10 bits per heavy atom. The second kappa shape index (κ2) is 11.4. The Labute approximate surface area is 243 Å². The van der Waals surface area contributed by atoms with Crippen LogP contribution in [0.5, 0.6) is 5.75 Å². The number of carbonyl (C=O) groups is 1. The number of rotatable bonds is 7. The molecule has 42 heavy (non-hydrogen) atoms. The molecule has 1 aromatic heterocycles. The van der Waals surface area contributed by atoms with Gasteiger partial charge in [-0.2, -0.15) is 18.3 Å². The van der Waals surface area contributed by atoms with E-state index in [-0.39, 0.29) is 12.2 Å². The lowest BCUT2D eigenvalue weighted by atomic mass is 9.98. The number of amides is 2. The number of urea groups is 1. The number of hydrogen-bond acceptors (Lipinski definition) is 4. The number of para-hydroxylation sites is 1. The molecule has 1 aliphatic rings. The summed E-state index contributed by atoms with van der Waals surface area (Å²) in [6.45, 7) is 8.94. The molecule has 4 aromatic rings. The van der Waals surface area contributed by atoms with Crippen LogP contribution < -0.4 is 20.7 Å². The molecular weight excluding hydrogens is 543 g/mol. The molecule has 0 unspecified atom stereocenters. The number of carbonyl (C=O) groups excluding carboxylic acids is 1. The molecular formula is C32H34F3N5O2. The number of halogens is 3. The van der Waals surface area contributed by atoms with Crippen LogP contribution in [0, 0.1) is 19.8 Å². The van der Waals surface area contributed by atoms with Crippen molar-refractivity contribution >= 4 is 17.4 Å². The van der Waals surface area contributed by atoms with Gasteiger partial charge < -0.3 is 20.7 Å². The normalized spacial score (nSPS) is 13.3. The van der Waals surface area contributed by atoms with Crippen molar-refractivity contribution in [1.82, 2.24) is 9.78 Å². The Kier molecular flexibility index (Phi) is 7.90. The van der Waals surface area contributed by atoms with Gasteiger partial charge >= 0.3 is 12.2 Å². The van der Waals surface area contributed by atoms with Crippen LogP contribution in [0.1, 0.15) is 41.8 Å². The lowest BCUT2D eigenvalue weighted by Gasteiger charge is -2.31. The van der Waals surface area contributed by atoms with Gasteiger partial charge in [-0.05, 0) is 55.7 Å². The van der Waals surface area contributed by atoms with E-state index in [4.69, 9.17) is 15.6 Å². The number of aryl methyl sites for hydroxylation is 2. The van der Waals surface area contributed by atoms with Crippen molar-refractivity contribution in [3.8, 4) is 22.7 Å². The third-order valence-corrected chi connectivity index (χ3v) is 7.24. The first-order valence-electron chi connectivity index (χ1n) is 13.9. The average molecular weight is 578 g/mol. The van der Waals surface area contributed by atoms with Crippen LogP contribution in [0.3, 0.4) is 0 Å². The molecule has 10 heteroatoms. The number of aromatic nitrogens is 2. The number of benzene rings is 3. The maximum absolute atomic E-state index is 14.1. The van der Waals surface area contributed by atoms with E-state index < -0.39 is 17.8 Å². The molecule has 1 aliphatic heterocycles. The van der Waals surface area contributed by atoms with Crippen LogP contribution in [0.2, 0.25) is 0 Å². The van der Waals surface area contributed by atoms with E-state index >= 15 is 0 Å². The van der Waals surface area contributed by atoms with Gasteiger partial charge in [0.05, 0.1) is 23.6 Å². The number of nitrogens with one attached hydrogen (secondary N) is 1. The monoisotopic (exact) mass is 577 g/mol. The van der Waals surface area contributed by atoms with Crippen molar-refractivity contribution < 1.29 is 22.7 Å². The topological polar surface area (TPSA) is 85.4 Å². The summed E-state index contributed by atoms with van der Waals surface area (Å²) in [7, 11) is 0. The number of nitrogens with zero attached hydrogens (tertiary/aromatic N) is 3. The fourth-order valence-corrected chi connectivity index (χ4v) is 5.32. The van der Waals surface area contributed by atoms with E-state index in [2.05, 4.69) is 19.2 Å². The molecule has 2 amide bonds. The number of nitrogens with two attached hydrogens (primary N) is 1. The number of alkyl halides is 3. The van der Waals surface area contributed by atoms with Crippen LogP contribution >= 0.6 is 0 Å². The minimum atomic E-state index is -4.48. The minimum absolute atomic E-state index is 0.148. The van der Waals surface area contributed by atoms with Crippen LogP contribution in [0.25, 0.3) is 16.9 Å². The summed E-state index contributed by atoms with van der Waals surface area (Å²) in [5.41, 5.74) is 10.8. The second-order valence-corrected chi connectivity index (χ2v) is 11.1. The highest BCUT2D eigenvalue weighted by atomic mass is 19.4. The molecule has 0 aliphatic carbocycles. The standard InChI is InChI=1S/C32H34F3N5O2/c1-19(2)18-42-28-7-5-6-21(4)29(28)40-30(22-9-11-23(12-10-22)37-31(36)41)24-17-39(15-14-26(24)38-40)27-13-8-20(3)16-25(27)32(33,34)35/h5-13,16,19H,14-15,17-18H2,1-4H3,(H3,36,37,41). The SMILES string of the molecule is Cc1ccc(N2CCc3nn(-c4c(C)cccc4OCC(C)C)c(-c4ccc(NC(N)=O)cc4)c3C2)c(C(F)(F)F)c1. The molecule has 2 heterocycles. The first-order chi connectivity index (χ1) is 19.9. The fraction of sp³-hybridized carbons (Fsp3) is 0.312. The Bertz CT molecular complexity index is 1610. The molecule has 0 saturated heterocycles. The fourth-order valence-electron chi connectivity index (χ4n) is 5.32. The molecule has 0 atom stereocenters. The van der Waals surface area contributed by atoms with Gasteiger partial charge in [0.1, 0.15) is 11.4 Å². The third-order valence-electron chi connectivity index (χ3n) is 7.24. The molecule has 220 valence electrons. The molecule has 3 aromatic carbocycles. The molecule has 0 bridgehead atoms. The van der Waals surface area contributed by atoms with Gasteiger partial charge in [0.15, 0.2) is 0 Å². The first-order valence-corrected chi connectivity index (χ1v) is 13.9. The van der Waals surface area contributed by atoms with Crippen LogP contribution in [0.4, 0.5) is 29.3 Å². The predicted molar refractivity (Wildman–Crippen MR) is 158 cm³/mol. The summed E-state index contributed by atoms with van der Waals surface area (Å²) < 4.78 is 50.4. The summed E-state index contributed by atoms with van der Waals surface area (Å²) in [5, 5.41) is 7.59. The van der Waals surface area contributed by atoms with Gasteiger partial charge in [0.25, 0.3) is 0 Å². The zero-order chi connectivity index (χ0) is 30.2. The van der Waals surface area contributed by atoms with E-state index in [1.807, 2.05) is 41.9 Å². The molecule has 3 N–H and O–H groups in total. The number of fused-ring (bicyclic) bond motifs is 1. The highest BCUT2D eigenvalue weighted by molar-refractivity contribution is 5.88. The molecule has 0 fully saturated rings. The zero-order valence-corrected chi connectivity index (χ0v) is 24.0. The van der Waals surface area contributed by atoms with E-state index in [1.54, 1.807) is 36.1 Å². The van der Waals surface area contributed by atoms with Crippen LogP contribution in [-0.4, -0.2) is 29.0 Å². The van der Waals surface area contributed by atoms with Gasteiger partial charge in [0.2, 0.25) is 0 Å². The number of hydrogen-bond donors (Lipinski definition) is 2. The molecule has 7 nitrogen and oxygen atoms in total. The highest BCUT2D eigenvalue weighted by Gasteiger charge is 2.37. The van der Waals surface area contributed by atoms with Crippen molar-refractivity contribution in [2.75, 3.05) is 23.4 Å². The van der Waals surface area contributed by atoms with Gasteiger partial charge in [0, 0.05) is 42.0 Å². The van der Waals surface area contributed by atoms with Crippen molar-refractivity contribution in [3.63, 3.8) is 0 Å². The van der Waals surface area contributed by atoms with E-state index in [0.29, 0.717) is 42.5 Å². The van der Waals surface area contributed by atoms with Crippen molar-refractivity contribution in [1.29, 1.82) is 0 Å². The predicted octanol–water partition coefficient (Wildman–Crippen LogP) is 7.26. The maximum Gasteiger partial charge on any atom is 0.418 e. The van der Waals surface area contributed by atoms with Gasteiger partial charge in [-0.3, -0.25) is 0 Å². The average Bonchev–Trinajstić information content (AvgIpc) is 3.29. The van der Waals surface area contributed by atoms with Crippen LogP contribution in [-0.2, 0) is 19.1 Å². The Balaban J connectivity index is 1.67. The third kappa shape index (κ3) is 5.93. The maximum atomic E-state index is 14.1. The van der Waals surface area contributed by atoms with E-state index in [9.17, 15) is 18.0 Å². The Morgan fingerprint density at radius 3 is 2.50 bits per heavy atom. The van der Waals surface area contributed by atoms with Gasteiger partial charge in [-0.15, -0.1) is 0 Å². The smallest absolute Gasteiger partial charge is 0.418 e. The number of primary amides is 1. The summed E-state index contributed by atoms with van der Waals surface area (Å²) in [5.74, 6) is 0.978. The summed E-state index contributed by atoms with van der Waals surface area (Å²) in [4.78, 5) is 13.2. The Morgan fingerprint density at radius 2 is 1.83 bits per heavy atom. The van der Waals surface area contributed by atoms with Crippen molar-refractivity contribution in [3.05, 3.63) is 88.6 Å². The highest BCUT2D eigenvalue weighted by Crippen LogP contribution is 2.41. The van der Waals surface area contributed by atoms with E-state index in [0.717, 1.165) is 33.8 Å². The summed E-state index contributed by atoms with van der Waals surface area (Å²) in [6, 6.07) is 16.8. The number of ether oxygens (including phenoxy) is 1. The Hall–Kier alpha value is -4.47. The van der Waals surface area contributed by atoms with Crippen molar-refractivity contribution in [2.24, 2.45) is 11.7 Å². The summed E-state index contributed by atoms with van der Waals surface area (Å²) >= 11 is 0. The van der Waals surface area contributed by atoms with Gasteiger partial charge in [-0.25, -0.2) is 9.48 Å². The molecule has 0 radical (unpaired) electrons. The lowest BCUT2D eigenvalue weighted by Crippen LogP contribution is -2.32. The molecule has 5 rings (SSSR count). The molecule has 0 saturated carbocycles. The lowest BCUT2D eigenvalue weighted by molar-refractivity contribution is -0.137. The first kappa shape index (κ1) is 29.0. The minimum Gasteiger partial charge on any atom is -0.491 e. The largest absolute Gasteiger partial charge is 0.491 e. The number of anilines is 2. The van der Waals surface area contributed by atoms with Gasteiger partial charge in [-0.1, -0.05) is 49.7 Å². The zero-order valence-electron chi connectivity index (χ0n) is 24.0. The van der Waals surface area contributed by atoms with Crippen molar-refractivity contribution in [2.45, 2.75) is 46.8 Å². The quantitative estimate of drug-likeness (QED) is 0.242. The molecule has 0 spiro atoms. The second-order valence-electron chi connectivity index (χ2n) is 11.1.